The van der Waals surface area contributed by atoms with E-state index in [1.54, 1.807) is 26.0 Å². The molecule has 1 saturated heterocycles. The van der Waals surface area contributed by atoms with Gasteiger partial charge in [-0.2, -0.15) is 0 Å². The highest BCUT2D eigenvalue weighted by atomic mass is 16.4. The molecule has 2 aromatic carbocycles. The zero-order valence-corrected chi connectivity index (χ0v) is 26.3. The molecule has 0 saturated carbocycles. The third kappa shape index (κ3) is 11.9. The summed E-state index contributed by atoms with van der Waals surface area (Å²) in [4.78, 5) is 56.9. The Kier molecular flexibility index (Phi) is 14.5. The van der Waals surface area contributed by atoms with E-state index >= 15 is 0 Å². The smallest absolute Gasteiger partial charge is 0.303 e. The molecule has 3 heterocycles. The molecule has 2 amide bonds. The second-order valence-corrected chi connectivity index (χ2v) is 10.6. The molecule has 0 aliphatic carbocycles. The van der Waals surface area contributed by atoms with E-state index in [1.165, 1.54) is 9.80 Å². The minimum absolute atomic E-state index is 0.0504. The Balaban J connectivity index is 0.000000212. The Morgan fingerprint density at radius 2 is 1.02 bits per heavy atom. The molecule has 3 aliphatic rings. The predicted octanol–water partition coefficient (Wildman–Crippen LogP) is 3.49. The lowest BCUT2D eigenvalue weighted by molar-refractivity contribution is -0.138. The first kappa shape index (κ1) is 35.5. The van der Waals surface area contributed by atoms with Crippen molar-refractivity contribution in [1.29, 1.82) is 0 Å². The van der Waals surface area contributed by atoms with Crippen LogP contribution in [0.2, 0.25) is 0 Å². The van der Waals surface area contributed by atoms with Crippen molar-refractivity contribution >= 4 is 47.6 Å². The molecule has 0 aromatic heterocycles. The van der Waals surface area contributed by atoms with Gasteiger partial charge in [0.15, 0.2) is 0 Å². The largest absolute Gasteiger partial charge is 0.481 e. The molecule has 0 atom stereocenters. The molecule has 0 spiro atoms. The van der Waals surface area contributed by atoms with Crippen molar-refractivity contribution in [1.82, 2.24) is 20.4 Å². The van der Waals surface area contributed by atoms with Crippen LogP contribution < -0.4 is 10.6 Å². The average Bonchev–Trinajstić information content (AvgIpc) is 3.47. The lowest BCUT2D eigenvalue weighted by atomic mass is 10.2. The van der Waals surface area contributed by atoms with Gasteiger partial charge in [-0.15, -0.1) is 0 Å². The van der Waals surface area contributed by atoms with Gasteiger partial charge in [0.1, 0.15) is 23.1 Å². The van der Waals surface area contributed by atoms with E-state index in [0.717, 1.165) is 37.3 Å². The van der Waals surface area contributed by atoms with Crippen LogP contribution in [0, 0.1) is 0 Å². The molecule has 12 nitrogen and oxygen atoms in total. The lowest BCUT2D eigenvalue weighted by Gasteiger charge is -2.14. The molecule has 1 fully saturated rings. The standard InChI is InChI=1S/2C15H16N2O3.C4H10N2/c2*1-11-16-13(10-12-6-3-2-4-7-12)15(20)17(11)9-5-8-14(18)19;1-2-6-4-3-5-1/h2*2-4,6-7,10H,5,8-9H2,1H3,(H,18,19);5-6H,1-4H2/b2*13-10+;. The van der Waals surface area contributed by atoms with Crippen molar-refractivity contribution in [2.24, 2.45) is 9.98 Å². The van der Waals surface area contributed by atoms with E-state index in [2.05, 4.69) is 20.6 Å². The number of piperazine rings is 1. The number of amidine groups is 2. The fraction of sp³-hybridized carbons (Fsp3) is 0.353. The van der Waals surface area contributed by atoms with E-state index in [1.807, 2.05) is 60.7 Å². The molecular formula is C34H42N6O6. The van der Waals surface area contributed by atoms with Crippen LogP contribution in [0.1, 0.15) is 50.7 Å². The molecular weight excluding hydrogens is 588 g/mol. The van der Waals surface area contributed by atoms with Crippen LogP contribution in [-0.2, 0) is 19.2 Å². The van der Waals surface area contributed by atoms with Crippen LogP contribution in [-0.4, -0.2) is 94.7 Å². The fourth-order valence-electron chi connectivity index (χ4n) is 4.64. The Hall–Kier alpha value is -4.94. The van der Waals surface area contributed by atoms with Crippen molar-refractivity contribution < 1.29 is 29.4 Å². The molecule has 12 heteroatoms. The summed E-state index contributed by atoms with van der Waals surface area (Å²) in [6, 6.07) is 19.0. The number of carbonyl (C=O) groups excluding carboxylic acids is 2. The number of aliphatic imine (C=N–C) groups is 2. The second kappa shape index (κ2) is 18.8. The molecule has 5 rings (SSSR count). The number of amides is 2. The summed E-state index contributed by atoms with van der Waals surface area (Å²) in [6.45, 7) is 8.83. The summed E-state index contributed by atoms with van der Waals surface area (Å²) in [5, 5.41) is 23.7. The minimum Gasteiger partial charge on any atom is -0.481 e. The van der Waals surface area contributed by atoms with Crippen LogP contribution in [0.25, 0.3) is 12.2 Å². The highest BCUT2D eigenvalue weighted by molar-refractivity contribution is 6.14. The van der Waals surface area contributed by atoms with Crippen molar-refractivity contribution in [2.75, 3.05) is 39.3 Å². The van der Waals surface area contributed by atoms with Crippen LogP contribution in [0.3, 0.4) is 0 Å². The van der Waals surface area contributed by atoms with E-state index in [0.29, 0.717) is 49.0 Å². The van der Waals surface area contributed by atoms with Gasteiger partial charge >= 0.3 is 11.9 Å². The molecule has 46 heavy (non-hydrogen) atoms. The summed E-state index contributed by atoms with van der Waals surface area (Å²) < 4.78 is 0. The Bertz CT molecular complexity index is 1350. The third-order valence-electron chi connectivity index (χ3n) is 6.98. The van der Waals surface area contributed by atoms with Gasteiger partial charge in [0.2, 0.25) is 0 Å². The number of nitrogens with one attached hydrogen (secondary N) is 2. The molecule has 3 aliphatic heterocycles. The van der Waals surface area contributed by atoms with Gasteiger partial charge in [-0.1, -0.05) is 60.7 Å². The summed E-state index contributed by atoms with van der Waals surface area (Å²) in [6.07, 6.45) is 4.43. The summed E-state index contributed by atoms with van der Waals surface area (Å²) >= 11 is 0. The number of hydrogen-bond acceptors (Lipinski definition) is 8. The van der Waals surface area contributed by atoms with Crippen LogP contribution in [0.4, 0.5) is 0 Å². The van der Waals surface area contributed by atoms with Gasteiger partial charge in [0, 0.05) is 52.1 Å². The van der Waals surface area contributed by atoms with Gasteiger partial charge in [0.05, 0.1) is 0 Å². The number of carboxylic acid groups (broad SMARTS) is 2. The number of nitrogens with zero attached hydrogens (tertiary/aromatic N) is 4. The molecule has 4 N–H and O–H groups in total. The number of rotatable bonds is 10. The highest BCUT2D eigenvalue weighted by Gasteiger charge is 2.28. The maximum atomic E-state index is 12.2. The molecule has 0 radical (unpaired) electrons. The van der Waals surface area contributed by atoms with Gasteiger partial charge in [0.25, 0.3) is 11.8 Å². The van der Waals surface area contributed by atoms with E-state index in [4.69, 9.17) is 10.2 Å². The third-order valence-corrected chi connectivity index (χ3v) is 6.98. The zero-order valence-electron chi connectivity index (χ0n) is 26.3. The Morgan fingerprint density at radius 1 is 0.674 bits per heavy atom. The average molecular weight is 631 g/mol. The first-order chi connectivity index (χ1) is 22.2. The van der Waals surface area contributed by atoms with Crippen LogP contribution in [0.5, 0.6) is 0 Å². The molecule has 0 bridgehead atoms. The minimum atomic E-state index is -0.855. The predicted molar refractivity (Wildman–Crippen MR) is 178 cm³/mol. The fourth-order valence-corrected chi connectivity index (χ4v) is 4.64. The number of carboxylic acids is 2. The van der Waals surface area contributed by atoms with Crippen molar-refractivity contribution in [2.45, 2.75) is 39.5 Å². The molecule has 0 unspecified atom stereocenters. The Morgan fingerprint density at radius 3 is 1.33 bits per heavy atom. The number of carbonyl (C=O) groups is 4. The van der Waals surface area contributed by atoms with Gasteiger partial charge in [-0.3, -0.25) is 29.0 Å². The summed E-state index contributed by atoms with van der Waals surface area (Å²) in [5.41, 5.74) is 2.62. The van der Waals surface area contributed by atoms with E-state index in [9.17, 15) is 19.2 Å². The summed E-state index contributed by atoms with van der Waals surface area (Å²) in [7, 11) is 0. The van der Waals surface area contributed by atoms with Crippen molar-refractivity contribution in [3.63, 3.8) is 0 Å². The van der Waals surface area contributed by atoms with E-state index in [-0.39, 0.29) is 24.7 Å². The van der Waals surface area contributed by atoms with Gasteiger partial charge in [-0.25, -0.2) is 9.98 Å². The number of benzene rings is 2. The Labute approximate surface area is 269 Å². The van der Waals surface area contributed by atoms with Crippen LogP contribution in [0.15, 0.2) is 82.0 Å². The maximum Gasteiger partial charge on any atom is 0.303 e. The zero-order chi connectivity index (χ0) is 33.3. The molecule has 2 aromatic rings. The topological polar surface area (TPSA) is 164 Å². The van der Waals surface area contributed by atoms with Gasteiger partial charge in [-0.05, 0) is 50.0 Å². The lowest BCUT2D eigenvalue weighted by Crippen LogP contribution is -2.39. The van der Waals surface area contributed by atoms with E-state index < -0.39 is 11.9 Å². The second-order valence-electron chi connectivity index (χ2n) is 10.6. The quantitative estimate of drug-likeness (QED) is 0.290. The highest BCUT2D eigenvalue weighted by Crippen LogP contribution is 2.20. The first-order valence-corrected chi connectivity index (χ1v) is 15.3. The van der Waals surface area contributed by atoms with Gasteiger partial charge < -0.3 is 20.8 Å². The monoisotopic (exact) mass is 630 g/mol. The SMILES string of the molecule is C1CNCCN1.CC1=N/C(=C/c2ccccc2)C(=O)N1CCCC(=O)O.CC1=N/C(=C/c2ccccc2)C(=O)N1CCCC(=O)O. The number of hydrogen-bond donors (Lipinski definition) is 4. The molecule has 244 valence electrons. The van der Waals surface area contributed by atoms with Crippen LogP contribution >= 0.6 is 0 Å². The maximum absolute atomic E-state index is 12.2. The van der Waals surface area contributed by atoms with Crippen molar-refractivity contribution in [3.05, 3.63) is 83.2 Å². The number of aliphatic carboxylic acids is 2. The summed E-state index contributed by atoms with van der Waals surface area (Å²) in [5.74, 6) is -0.823. The normalized spacial score (nSPS) is 17.6. The first-order valence-electron chi connectivity index (χ1n) is 15.3. The van der Waals surface area contributed by atoms with Crippen molar-refractivity contribution in [3.8, 4) is 0 Å².